The van der Waals surface area contributed by atoms with Crippen LogP contribution in [0, 0.1) is 11.3 Å². The third-order valence-electron chi connectivity index (χ3n) is 5.48. The highest BCUT2D eigenvalue weighted by molar-refractivity contribution is 5.68. The van der Waals surface area contributed by atoms with Gasteiger partial charge in [0.1, 0.15) is 17.3 Å². The molecular weight excluding hydrogens is 380 g/mol. The molecule has 1 aliphatic carbocycles. The molecule has 0 unspecified atom stereocenters. The van der Waals surface area contributed by atoms with E-state index in [0.717, 1.165) is 42.8 Å². The van der Waals surface area contributed by atoms with Gasteiger partial charge in [-0.1, -0.05) is 19.0 Å². The van der Waals surface area contributed by atoms with Gasteiger partial charge in [0.15, 0.2) is 5.76 Å². The van der Waals surface area contributed by atoms with Gasteiger partial charge in [0.2, 0.25) is 0 Å². The lowest BCUT2D eigenvalue weighted by Crippen LogP contribution is -2.32. The van der Waals surface area contributed by atoms with Crippen molar-refractivity contribution < 1.29 is 9.26 Å². The molecular formula is C23H24N4O3. The number of rotatable bonds is 5. The van der Waals surface area contributed by atoms with E-state index in [0.29, 0.717) is 28.3 Å². The van der Waals surface area contributed by atoms with Crippen molar-refractivity contribution in [3.05, 3.63) is 63.0 Å². The van der Waals surface area contributed by atoms with Crippen molar-refractivity contribution in [3.8, 4) is 23.1 Å². The Morgan fingerprint density at radius 3 is 2.80 bits per heavy atom. The largest absolute Gasteiger partial charge is 0.497 e. The minimum Gasteiger partial charge on any atom is -0.497 e. The van der Waals surface area contributed by atoms with E-state index in [1.807, 2.05) is 13.8 Å². The Hall–Kier alpha value is -3.40. The normalized spacial score (nSPS) is 13.2. The fourth-order valence-corrected chi connectivity index (χ4v) is 3.93. The molecule has 1 aromatic carbocycles. The smallest absolute Gasteiger partial charge is 0.257 e. The number of aryl methyl sites for hydroxylation is 1. The highest BCUT2D eigenvalue weighted by Gasteiger charge is 2.22. The zero-order chi connectivity index (χ0) is 21.3. The first kappa shape index (κ1) is 19.9. The predicted octanol–water partition coefficient (Wildman–Crippen LogP) is 3.83. The summed E-state index contributed by atoms with van der Waals surface area (Å²) in [7, 11) is 1.57. The Bertz CT molecular complexity index is 1180. The fourth-order valence-electron chi connectivity index (χ4n) is 3.93. The molecule has 0 bridgehead atoms. The van der Waals surface area contributed by atoms with Crippen molar-refractivity contribution in [2.24, 2.45) is 0 Å². The van der Waals surface area contributed by atoms with E-state index in [1.54, 1.807) is 35.9 Å². The van der Waals surface area contributed by atoms with Crippen LogP contribution in [0.2, 0.25) is 0 Å². The molecule has 0 N–H and O–H groups in total. The SMILES string of the molecule is COc1ccc(C#N)c(-c2cc(Cn3c(C(C)C)nc4c(c3=O)CCCC4)no2)c1. The number of aromatic nitrogens is 3. The summed E-state index contributed by atoms with van der Waals surface area (Å²) in [6, 6.07) is 9.09. The van der Waals surface area contributed by atoms with Crippen LogP contribution in [0.4, 0.5) is 0 Å². The number of nitrogens with zero attached hydrogens (tertiary/aromatic N) is 4. The van der Waals surface area contributed by atoms with E-state index >= 15 is 0 Å². The summed E-state index contributed by atoms with van der Waals surface area (Å²) < 4.78 is 12.5. The van der Waals surface area contributed by atoms with E-state index in [2.05, 4.69) is 11.2 Å². The molecule has 0 saturated carbocycles. The van der Waals surface area contributed by atoms with Crippen LogP contribution in [0.3, 0.4) is 0 Å². The van der Waals surface area contributed by atoms with Crippen LogP contribution in [-0.4, -0.2) is 21.8 Å². The lowest BCUT2D eigenvalue weighted by Gasteiger charge is -2.20. The third-order valence-corrected chi connectivity index (χ3v) is 5.48. The summed E-state index contributed by atoms with van der Waals surface area (Å²) in [6.07, 6.45) is 3.74. The lowest BCUT2D eigenvalue weighted by molar-refractivity contribution is 0.411. The summed E-state index contributed by atoms with van der Waals surface area (Å²) >= 11 is 0. The molecule has 7 nitrogen and oxygen atoms in total. The van der Waals surface area contributed by atoms with Gasteiger partial charge in [-0.25, -0.2) is 4.98 Å². The van der Waals surface area contributed by atoms with Crippen molar-refractivity contribution >= 4 is 0 Å². The number of hydrogen-bond donors (Lipinski definition) is 0. The maximum absolute atomic E-state index is 13.2. The first-order valence-electron chi connectivity index (χ1n) is 10.2. The summed E-state index contributed by atoms with van der Waals surface area (Å²) in [5.41, 5.74) is 3.48. The molecule has 2 heterocycles. The summed E-state index contributed by atoms with van der Waals surface area (Å²) in [4.78, 5) is 18.0. The Kier molecular flexibility index (Phi) is 5.40. The zero-order valence-corrected chi connectivity index (χ0v) is 17.4. The van der Waals surface area contributed by atoms with Crippen molar-refractivity contribution in [3.63, 3.8) is 0 Å². The van der Waals surface area contributed by atoms with Crippen LogP contribution in [0.5, 0.6) is 5.75 Å². The van der Waals surface area contributed by atoms with E-state index in [-0.39, 0.29) is 18.0 Å². The van der Waals surface area contributed by atoms with E-state index < -0.39 is 0 Å². The number of fused-ring (bicyclic) bond motifs is 1. The van der Waals surface area contributed by atoms with Gasteiger partial charge in [-0.05, 0) is 43.9 Å². The first-order valence-corrected chi connectivity index (χ1v) is 10.2. The van der Waals surface area contributed by atoms with Crippen LogP contribution in [0.15, 0.2) is 33.6 Å². The van der Waals surface area contributed by atoms with Gasteiger partial charge in [-0.2, -0.15) is 5.26 Å². The summed E-state index contributed by atoms with van der Waals surface area (Å²) in [5.74, 6) is 1.97. The Morgan fingerprint density at radius 2 is 2.07 bits per heavy atom. The van der Waals surface area contributed by atoms with Crippen LogP contribution < -0.4 is 10.3 Å². The molecule has 0 radical (unpaired) electrons. The second-order valence-corrected chi connectivity index (χ2v) is 7.85. The second kappa shape index (κ2) is 8.15. The van der Waals surface area contributed by atoms with Crippen molar-refractivity contribution in [2.75, 3.05) is 7.11 Å². The highest BCUT2D eigenvalue weighted by atomic mass is 16.5. The van der Waals surface area contributed by atoms with E-state index in [9.17, 15) is 10.1 Å². The predicted molar refractivity (Wildman–Crippen MR) is 112 cm³/mol. The molecule has 0 amide bonds. The molecule has 30 heavy (non-hydrogen) atoms. The molecule has 154 valence electrons. The molecule has 3 aromatic rings. The van der Waals surface area contributed by atoms with Gasteiger partial charge in [0.05, 0.1) is 31.0 Å². The number of methoxy groups -OCH3 is 1. The van der Waals surface area contributed by atoms with E-state index in [1.165, 1.54) is 0 Å². The maximum atomic E-state index is 13.2. The van der Waals surface area contributed by atoms with Crippen LogP contribution >= 0.6 is 0 Å². The monoisotopic (exact) mass is 404 g/mol. The molecule has 0 spiro atoms. The molecule has 0 atom stereocenters. The van der Waals surface area contributed by atoms with Gasteiger partial charge < -0.3 is 9.26 Å². The standard InChI is InChI=1S/C23H24N4O3/c1-14(2)22-25-20-7-5-4-6-18(20)23(28)27(22)13-16-10-21(30-26-16)19-11-17(29-3)9-8-15(19)12-24/h8-11,14H,4-7,13H2,1-3H3. The first-order chi connectivity index (χ1) is 14.5. The van der Waals surface area contributed by atoms with Gasteiger partial charge in [0, 0.05) is 23.1 Å². The highest BCUT2D eigenvalue weighted by Crippen LogP contribution is 2.29. The molecule has 7 heteroatoms. The minimum absolute atomic E-state index is 0.0204. The zero-order valence-electron chi connectivity index (χ0n) is 17.4. The molecule has 4 rings (SSSR count). The Morgan fingerprint density at radius 1 is 1.27 bits per heavy atom. The van der Waals surface area contributed by atoms with Crippen molar-refractivity contribution in [1.29, 1.82) is 5.26 Å². The van der Waals surface area contributed by atoms with Crippen LogP contribution in [0.1, 0.15) is 60.9 Å². The molecule has 1 aliphatic rings. The lowest BCUT2D eigenvalue weighted by atomic mass is 9.96. The van der Waals surface area contributed by atoms with Crippen molar-refractivity contribution in [2.45, 2.75) is 52.0 Å². The minimum atomic E-state index is 0.0204. The third kappa shape index (κ3) is 3.61. The molecule has 2 aromatic heterocycles. The van der Waals surface area contributed by atoms with Gasteiger partial charge in [-0.15, -0.1) is 0 Å². The fraction of sp³-hybridized carbons (Fsp3) is 0.391. The van der Waals surface area contributed by atoms with Crippen LogP contribution in [0.25, 0.3) is 11.3 Å². The average Bonchev–Trinajstić information content (AvgIpc) is 3.23. The quantitative estimate of drug-likeness (QED) is 0.641. The summed E-state index contributed by atoms with van der Waals surface area (Å²) in [5, 5.41) is 13.6. The Labute approximate surface area is 174 Å². The van der Waals surface area contributed by atoms with Gasteiger partial charge in [-0.3, -0.25) is 9.36 Å². The molecule has 0 aliphatic heterocycles. The second-order valence-electron chi connectivity index (χ2n) is 7.85. The number of benzene rings is 1. The van der Waals surface area contributed by atoms with Crippen molar-refractivity contribution in [1.82, 2.24) is 14.7 Å². The number of ether oxygens (including phenoxy) is 1. The Balaban J connectivity index is 1.73. The topological polar surface area (TPSA) is 93.9 Å². The maximum Gasteiger partial charge on any atom is 0.257 e. The summed E-state index contributed by atoms with van der Waals surface area (Å²) in [6.45, 7) is 4.36. The van der Waals surface area contributed by atoms with Gasteiger partial charge >= 0.3 is 0 Å². The average molecular weight is 404 g/mol. The molecule has 0 saturated heterocycles. The number of nitriles is 1. The van der Waals surface area contributed by atoms with E-state index in [4.69, 9.17) is 14.2 Å². The van der Waals surface area contributed by atoms with Crippen LogP contribution in [-0.2, 0) is 19.4 Å². The molecule has 0 fully saturated rings. The van der Waals surface area contributed by atoms with Gasteiger partial charge in [0.25, 0.3) is 5.56 Å². The number of hydrogen-bond acceptors (Lipinski definition) is 6.